The molecule has 2 rings (SSSR count). The van der Waals surface area contributed by atoms with Crippen molar-refractivity contribution in [3.8, 4) is 5.75 Å². The first kappa shape index (κ1) is 18.4. The third kappa shape index (κ3) is 5.27. The first-order valence-corrected chi connectivity index (χ1v) is 8.78. The lowest BCUT2D eigenvalue weighted by Gasteiger charge is -2.35. The van der Waals surface area contributed by atoms with Gasteiger partial charge in [0, 0.05) is 30.2 Å². The van der Waals surface area contributed by atoms with Crippen molar-refractivity contribution in [3.63, 3.8) is 0 Å². The molecule has 1 amide bonds. The van der Waals surface area contributed by atoms with E-state index in [1.165, 1.54) is 0 Å². The quantitative estimate of drug-likeness (QED) is 0.871. The van der Waals surface area contributed by atoms with E-state index < -0.39 is 6.10 Å². The van der Waals surface area contributed by atoms with Crippen molar-refractivity contribution < 1.29 is 9.53 Å². The van der Waals surface area contributed by atoms with Crippen LogP contribution in [0.3, 0.4) is 0 Å². The number of halogens is 2. The molecule has 1 aliphatic rings. The Morgan fingerprint density at radius 3 is 2.48 bits per heavy atom. The highest BCUT2D eigenvalue weighted by molar-refractivity contribution is 6.35. The highest BCUT2D eigenvalue weighted by Gasteiger charge is 2.24. The summed E-state index contributed by atoms with van der Waals surface area (Å²) in [6.07, 6.45) is 1.34. The van der Waals surface area contributed by atoms with Crippen LogP contribution in [0.25, 0.3) is 0 Å². The Balaban J connectivity index is 1.83. The molecule has 0 saturated carbocycles. The molecular weight excluding hydrogens is 335 g/mol. The molecule has 1 aromatic rings. The van der Waals surface area contributed by atoms with Crippen molar-refractivity contribution in [3.05, 3.63) is 28.2 Å². The minimum Gasteiger partial charge on any atom is -0.479 e. The molecule has 1 aromatic carbocycles. The highest BCUT2D eigenvalue weighted by Crippen LogP contribution is 2.28. The Bertz CT molecular complexity index is 543. The molecule has 0 spiro atoms. The minimum atomic E-state index is -0.600. The first-order valence-electron chi connectivity index (χ1n) is 8.03. The van der Waals surface area contributed by atoms with Gasteiger partial charge in [0.15, 0.2) is 6.10 Å². The van der Waals surface area contributed by atoms with E-state index in [2.05, 4.69) is 24.1 Å². The predicted octanol–water partition coefficient (Wildman–Crippen LogP) is 3.75. The van der Waals surface area contributed by atoms with Crippen LogP contribution in [0.4, 0.5) is 0 Å². The maximum atomic E-state index is 12.3. The van der Waals surface area contributed by atoms with Crippen molar-refractivity contribution in [1.29, 1.82) is 0 Å². The first-order chi connectivity index (χ1) is 10.9. The van der Waals surface area contributed by atoms with Gasteiger partial charge in [0.2, 0.25) is 0 Å². The summed E-state index contributed by atoms with van der Waals surface area (Å²) in [6, 6.07) is 5.74. The third-order valence-corrected chi connectivity index (χ3v) is 4.70. The van der Waals surface area contributed by atoms with Crippen molar-refractivity contribution in [2.24, 2.45) is 0 Å². The van der Waals surface area contributed by atoms with E-state index in [0.29, 0.717) is 21.8 Å². The van der Waals surface area contributed by atoms with E-state index in [4.69, 9.17) is 27.9 Å². The van der Waals surface area contributed by atoms with E-state index in [-0.39, 0.29) is 11.9 Å². The number of piperidine rings is 1. The zero-order valence-electron chi connectivity index (χ0n) is 13.8. The Hall–Kier alpha value is -0.970. The second-order valence-corrected chi connectivity index (χ2v) is 7.09. The number of carbonyl (C=O) groups excluding carboxylic acids is 1. The van der Waals surface area contributed by atoms with Gasteiger partial charge in [-0.25, -0.2) is 0 Å². The molecule has 128 valence electrons. The number of nitrogens with zero attached hydrogens (tertiary/aromatic N) is 1. The number of likely N-dealkylation sites (tertiary alicyclic amines) is 1. The maximum absolute atomic E-state index is 12.3. The average Bonchev–Trinajstić information content (AvgIpc) is 2.50. The van der Waals surface area contributed by atoms with Crippen LogP contribution >= 0.6 is 23.2 Å². The fourth-order valence-corrected chi connectivity index (χ4v) is 3.15. The van der Waals surface area contributed by atoms with Gasteiger partial charge in [-0.1, -0.05) is 23.2 Å². The zero-order valence-corrected chi connectivity index (χ0v) is 15.3. The molecular formula is C17H24Cl2N2O2. The summed E-state index contributed by atoms with van der Waals surface area (Å²) in [5.74, 6) is 0.354. The third-order valence-electron chi connectivity index (χ3n) is 4.17. The van der Waals surface area contributed by atoms with Gasteiger partial charge in [-0.2, -0.15) is 0 Å². The van der Waals surface area contributed by atoms with E-state index in [1.54, 1.807) is 25.1 Å². The van der Waals surface area contributed by atoms with Gasteiger partial charge in [0.1, 0.15) is 5.75 Å². The molecule has 0 unspecified atom stereocenters. The van der Waals surface area contributed by atoms with Crippen LogP contribution in [-0.4, -0.2) is 42.1 Å². The summed E-state index contributed by atoms with van der Waals surface area (Å²) in [6.45, 7) is 8.15. The maximum Gasteiger partial charge on any atom is 0.260 e. The zero-order chi connectivity index (χ0) is 17.0. The van der Waals surface area contributed by atoms with E-state index in [9.17, 15) is 4.79 Å². The molecule has 0 aromatic heterocycles. The van der Waals surface area contributed by atoms with Crippen LogP contribution in [0.2, 0.25) is 10.0 Å². The average molecular weight is 359 g/mol. The van der Waals surface area contributed by atoms with Crippen LogP contribution in [0, 0.1) is 0 Å². The molecule has 1 aliphatic heterocycles. The minimum absolute atomic E-state index is 0.112. The molecule has 6 heteroatoms. The summed E-state index contributed by atoms with van der Waals surface area (Å²) >= 11 is 11.9. The molecule has 1 N–H and O–H groups in total. The Labute approximate surface area is 148 Å². The van der Waals surface area contributed by atoms with Gasteiger partial charge in [0.25, 0.3) is 5.91 Å². The van der Waals surface area contributed by atoms with E-state index in [1.807, 2.05) is 0 Å². The standard InChI is InChI=1S/C17H24Cl2N2O2/c1-11(2)21-8-6-14(7-9-21)20-17(22)12(3)23-16-5-4-13(18)10-15(16)19/h4-5,10-12,14H,6-9H2,1-3H3,(H,20,22)/t12-/m1/s1. The van der Waals surface area contributed by atoms with Crippen molar-refractivity contribution >= 4 is 29.1 Å². The normalized spacial score (nSPS) is 18.0. The number of carbonyl (C=O) groups is 1. The SMILES string of the molecule is CC(C)N1CCC(NC(=O)[C@@H](C)Oc2ccc(Cl)cc2Cl)CC1. The Morgan fingerprint density at radius 2 is 1.91 bits per heavy atom. The number of hydrogen-bond acceptors (Lipinski definition) is 3. The summed E-state index contributed by atoms with van der Waals surface area (Å²) in [5.41, 5.74) is 0. The lowest BCUT2D eigenvalue weighted by atomic mass is 10.0. The Kier molecular flexibility index (Phi) is 6.57. The molecule has 0 radical (unpaired) electrons. The van der Waals surface area contributed by atoms with Gasteiger partial charge >= 0.3 is 0 Å². The van der Waals surface area contributed by atoms with E-state index >= 15 is 0 Å². The molecule has 1 fully saturated rings. The number of nitrogens with one attached hydrogen (secondary N) is 1. The molecule has 0 aliphatic carbocycles. The van der Waals surface area contributed by atoms with Crippen LogP contribution in [-0.2, 0) is 4.79 Å². The van der Waals surface area contributed by atoms with Gasteiger partial charge < -0.3 is 15.0 Å². The van der Waals surface area contributed by atoms with Crippen molar-refractivity contribution in [2.75, 3.05) is 13.1 Å². The van der Waals surface area contributed by atoms with Crippen LogP contribution < -0.4 is 10.1 Å². The van der Waals surface area contributed by atoms with Crippen LogP contribution in [0.1, 0.15) is 33.6 Å². The van der Waals surface area contributed by atoms with E-state index in [0.717, 1.165) is 25.9 Å². The second kappa shape index (κ2) is 8.22. The molecule has 1 saturated heterocycles. The monoisotopic (exact) mass is 358 g/mol. The van der Waals surface area contributed by atoms with Gasteiger partial charge in [-0.3, -0.25) is 4.79 Å². The van der Waals surface area contributed by atoms with Crippen LogP contribution in [0.15, 0.2) is 18.2 Å². The summed E-state index contributed by atoms with van der Waals surface area (Å²) in [5, 5.41) is 4.01. The van der Waals surface area contributed by atoms with Crippen molar-refractivity contribution in [1.82, 2.24) is 10.2 Å². The lowest BCUT2D eigenvalue weighted by molar-refractivity contribution is -0.128. The number of ether oxygens (including phenoxy) is 1. The summed E-state index contributed by atoms with van der Waals surface area (Å²) in [7, 11) is 0. The van der Waals surface area contributed by atoms with Gasteiger partial charge in [-0.15, -0.1) is 0 Å². The number of hydrogen-bond donors (Lipinski definition) is 1. The van der Waals surface area contributed by atoms with Crippen molar-refractivity contribution in [2.45, 2.75) is 51.8 Å². The van der Waals surface area contributed by atoms with Gasteiger partial charge in [0.05, 0.1) is 5.02 Å². The molecule has 0 bridgehead atoms. The topological polar surface area (TPSA) is 41.6 Å². The fraction of sp³-hybridized carbons (Fsp3) is 0.588. The summed E-state index contributed by atoms with van der Waals surface area (Å²) in [4.78, 5) is 14.7. The molecule has 1 heterocycles. The Morgan fingerprint density at radius 1 is 1.26 bits per heavy atom. The molecule has 23 heavy (non-hydrogen) atoms. The van der Waals surface area contributed by atoms with Gasteiger partial charge in [-0.05, 0) is 51.8 Å². The lowest BCUT2D eigenvalue weighted by Crippen LogP contribution is -2.49. The highest BCUT2D eigenvalue weighted by atomic mass is 35.5. The number of rotatable bonds is 5. The largest absolute Gasteiger partial charge is 0.479 e. The summed E-state index contributed by atoms with van der Waals surface area (Å²) < 4.78 is 5.65. The number of benzene rings is 1. The molecule has 1 atom stereocenters. The molecule has 4 nitrogen and oxygen atoms in total. The predicted molar refractivity (Wildman–Crippen MR) is 94.4 cm³/mol. The smallest absolute Gasteiger partial charge is 0.260 e. The van der Waals surface area contributed by atoms with Crippen LogP contribution in [0.5, 0.6) is 5.75 Å². The number of amides is 1. The fourth-order valence-electron chi connectivity index (χ4n) is 2.69. The second-order valence-electron chi connectivity index (χ2n) is 6.25.